The Bertz CT molecular complexity index is 1270. The molecule has 0 aliphatic rings. The molecule has 10 heteroatoms. The van der Waals surface area contributed by atoms with Crippen molar-refractivity contribution in [3.05, 3.63) is 71.3 Å². The zero-order valence-electron chi connectivity index (χ0n) is 20.6. The number of hydrogen-bond acceptors (Lipinski definition) is 8. The Hall–Kier alpha value is -4.73. The Kier molecular flexibility index (Phi) is 8.71. The molecule has 36 heavy (non-hydrogen) atoms. The van der Waals surface area contributed by atoms with Crippen molar-refractivity contribution in [2.24, 2.45) is 5.10 Å². The Balaban J connectivity index is 1.77. The van der Waals surface area contributed by atoms with E-state index in [0.717, 1.165) is 0 Å². The largest absolute Gasteiger partial charge is 0.496 e. The van der Waals surface area contributed by atoms with Crippen molar-refractivity contribution in [3.63, 3.8) is 0 Å². The van der Waals surface area contributed by atoms with E-state index in [2.05, 4.69) is 15.8 Å². The summed E-state index contributed by atoms with van der Waals surface area (Å²) in [5.41, 5.74) is 3.90. The Morgan fingerprint density at radius 2 is 1.31 bits per heavy atom. The Morgan fingerprint density at radius 3 is 1.97 bits per heavy atom. The summed E-state index contributed by atoms with van der Waals surface area (Å²) < 4.78 is 26.4. The van der Waals surface area contributed by atoms with Crippen molar-refractivity contribution in [2.75, 3.05) is 40.9 Å². The molecule has 0 aromatic heterocycles. The molecule has 0 fully saturated rings. The predicted octanol–water partition coefficient (Wildman–Crippen LogP) is 3.75. The lowest BCUT2D eigenvalue weighted by atomic mass is 10.1. The number of carbonyl (C=O) groups excluding carboxylic acids is 2. The van der Waals surface area contributed by atoms with Gasteiger partial charge in [0.15, 0.2) is 23.0 Å². The van der Waals surface area contributed by atoms with Crippen LogP contribution in [0.1, 0.15) is 26.3 Å². The van der Waals surface area contributed by atoms with Crippen LogP contribution in [0.5, 0.6) is 28.7 Å². The van der Waals surface area contributed by atoms with Crippen LogP contribution in [0, 0.1) is 0 Å². The minimum Gasteiger partial charge on any atom is -0.496 e. The number of benzene rings is 3. The molecule has 0 saturated heterocycles. The molecule has 0 aliphatic heterocycles. The molecule has 0 saturated carbocycles. The average molecular weight is 494 g/mol. The maximum absolute atomic E-state index is 12.8. The summed E-state index contributed by atoms with van der Waals surface area (Å²) in [7, 11) is 7.54. The fourth-order valence-corrected chi connectivity index (χ4v) is 3.34. The van der Waals surface area contributed by atoms with Crippen LogP contribution in [0.4, 0.5) is 5.69 Å². The highest BCUT2D eigenvalue weighted by Crippen LogP contribution is 2.33. The molecule has 3 aromatic rings. The zero-order chi connectivity index (χ0) is 26.1. The zero-order valence-corrected chi connectivity index (χ0v) is 20.6. The van der Waals surface area contributed by atoms with Crippen LogP contribution in [-0.2, 0) is 0 Å². The predicted molar refractivity (Wildman–Crippen MR) is 135 cm³/mol. The third-order valence-electron chi connectivity index (χ3n) is 5.17. The molecule has 3 rings (SSSR count). The van der Waals surface area contributed by atoms with E-state index in [9.17, 15) is 9.59 Å². The van der Waals surface area contributed by atoms with Crippen LogP contribution in [-0.4, -0.2) is 53.6 Å². The molecule has 3 aromatic carbocycles. The van der Waals surface area contributed by atoms with Crippen molar-refractivity contribution < 1.29 is 33.3 Å². The second-order valence-electron chi connectivity index (χ2n) is 7.22. The van der Waals surface area contributed by atoms with Gasteiger partial charge in [-0.05, 0) is 36.4 Å². The van der Waals surface area contributed by atoms with Gasteiger partial charge in [0.25, 0.3) is 11.8 Å². The molecule has 2 N–H and O–H groups in total. The maximum Gasteiger partial charge on any atom is 0.273 e. The number of carbonyl (C=O) groups is 2. The number of ether oxygens (including phenoxy) is 5. The fourth-order valence-electron chi connectivity index (χ4n) is 3.34. The van der Waals surface area contributed by atoms with Gasteiger partial charge < -0.3 is 29.0 Å². The van der Waals surface area contributed by atoms with Gasteiger partial charge in [-0.1, -0.05) is 12.1 Å². The van der Waals surface area contributed by atoms with Gasteiger partial charge in [-0.2, -0.15) is 5.10 Å². The second-order valence-corrected chi connectivity index (χ2v) is 7.22. The topological polar surface area (TPSA) is 117 Å². The Morgan fingerprint density at radius 1 is 0.694 bits per heavy atom. The molecule has 10 nitrogen and oxygen atoms in total. The molecule has 0 spiro atoms. The Labute approximate surface area is 208 Å². The quantitative estimate of drug-likeness (QED) is 0.326. The van der Waals surface area contributed by atoms with Gasteiger partial charge in [0.1, 0.15) is 5.75 Å². The second kappa shape index (κ2) is 12.1. The van der Waals surface area contributed by atoms with Gasteiger partial charge in [-0.25, -0.2) is 5.43 Å². The summed E-state index contributed by atoms with van der Waals surface area (Å²) in [5.74, 6) is 1.43. The lowest BCUT2D eigenvalue weighted by Gasteiger charge is -2.12. The van der Waals surface area contributed by atoms with Gasteiger partial charge in [0, 0.05) is 17.2 Å². The van der Waals surface area contributed by atoms with Crippen LogP contribution in [0.2, 0.25) is 0 Å². The molecule has 0 heterocycles. The number of hydrazone groups is 1. The van der Waals surface area contributed by atoms with E-state index in [1.54, 1.807) is 54.6 Å². The number of para-hydroxylation sites is 1. The molecular formula is C26H27N3O7. The molecule has 0 unspecified atom stereocenters. The lowest BCUT2D eigenvalue weighted by Crippen LogP contribution is -2.21. The number of methoxy groups -OCH3 is 5. The minimum atomic E-state index is -0.520. The first kappa shape index (κ1) is 25.9. The summed E-state index contributed by atoms with van der Waals surface area (Å²) in [6.45, 7) is 0. The number of hydrogen-bond donors (Lipinski definition) is 2. The van der Waals surface area contributed by atoms with E-state index in [-0.39, 0.29) is 5.56 Å². The van der Waals surface area contributed by atoms with Gasteiger partial charge in [-0.3, -0.25) is 9.59 Å². The van der Waals surface area contributed by atoms with E-state index in [0.29, 0.717) is 45.6 Å². The third-order valence-corrected chi connectivity index (χ3v) is 5.17. The average Bonchev–Trinajstić information content (AvgIpc) is 2.92. The first-order valence-electron chi connectivity index (χ1n) is 10.7. The van der Waals surface area contributed by atoms with Crippen LogP contribution in [0.3, 0.4) is 0 Å². The fraction of sp³-hybridized carbons (Fsp3) is 0.192. The maximum atomic E-state index is 12.8. The van der Waals surface area contributed by atoms with Gasteiger partial charge in [0.05, 0.1) is 53.0 Å². The molecule has 2 amide bonds. The third kappa shape index (κ3) is 5.84. The number of rotatable bonds is 10. The number of nitrogens with zero attached hydrogens (tertiary/aromatic N) is 1. The lowest BCUT2D eigenvalue weighted by molar-refractivity contribution is 0.0956. The van der Waals surface area contributed by atoms with E-state index < -0.39 is 11.8 Å². The smallest absolute Gasteiger partial charge is 0.273 e. The van der Waals surface area contributed by atoms with Crippen molar-refractivity contribution in [2.45, 2.75) is 0 Å². The van der Waals surface area contributed by atoms with Crippen molar-refractivity contribution >= 4 is 23.7 Å². The van der Waals surface area contributed by atoms with Crippen LogP contribution in [0.15, 0.2) is 59.7 Å². The van der Waals surface area contributed by atoms with Crippen molar-refractivity contribution in [1.29, 1.82) is 0 Å². The first-order valence-corrected chi connectivity index (χ1v) is 10.7. The summed E-state index contributed by atoms with van der Waals surface area (Å²) in [6.07, 6.45) is 1.42. The summed E-state index contributed by atoms with van der Waals surface area (Å²) in [4.78, 5) is 25.7. The van der Waals surface area contributed by atoms with Crippen molar-refractivity contribution in [1.82, 2.24) is 5.43 Å². The van der Waals surface area contributed by atoms with Crippen LogP contribution >= 0.6 is 0 Å². The van der Waals surface area contributed by atoms with Crippen LogP contribution in [0.25, 0.3) is 0 Å². The standard InChI is InChI=1S/C26H27N3O7/c1-32-20-11-10-16(12-22(20)34-3)25(30)28-19-9-7-6-8-18(19)26(31)29-27-15-17-13-23(35-4)24(36-5)14-21(17)33-2/h6-15H,1-5H3,(H,28,30)(H,29,31). The molecule has 0 atom stereocenters. The number of anilines is 1. The highest BCUT2D eigenvalue weighted by Gasteiger charge is 2.16. The molecule has 0 bridgehead atoms. The first-order chi connectivity index (χ1) is 17.4. The van der Waals surface area contributed by atoms with Crippen LogP contribution < -0.4 is 34.4 Å². The molecule has 0 radical (unpaired) electrons. The van der Waals surface area contributed by atoms with Gasteiger partial charge in [0.2, 0.25) is 0 Å². The summed E-state index contributed by atoms with van der Waals surface area (Å²) in [6, 6.07) is 14.7. The SMILES string of the molecule is COc1cc(OC)c(OC)cc1C=NNC(=O)c1ccccc1NC(=O)c1ccc(OC)c(OC)c1. The molecule has 188 valence electrons. The van der Waals surface area contributed by atoms with E-state index in [4.69, 9.17) is 23.7 Å². The minimum absolute atomic E-state index is 0.225. The summed E-state index contributed by atoms with van der Waals surface area (Å²) in [5, 5.41) is 6.79. The number of amides is 2. The van der Waals surface area contributed by atoms with E-state index >= 15 is 0 Å². The van der Waals surface area contributed by atoms with E-state index in [1.807, 2.05) is 0 Å². The normalized spacial score (nSPS) is 10.5. The van der Waals surface area contributed by atoms with Gasteiger partial charge >= 0.3 is 0 Å². The van der Waals surface area contributed by atoms with E-state index in [1.165, 1.54) is 41.8 Å². The highest BCUT2D eigenvalue weighted by molar-refractivity contribution is 6.09. The molecular weight excluding hydrogens is 466 g/mol. The van der Waals surface area contributed by atoms with Crippen molar-refractivity contribution in [3.8, 4) is 28.7 Å². The number of nitrogens with one attached hydrogen (secondary N) is 2. The molecule has 0 aliphatic carbocycles. The highest BCUT2D eigenvalue weighted by atomic mass is 16.5. The summed E-state index contributed by atoms with van der Waals surface area (Å²) >= 11 is 0. The monoisotopic (exact) mass is 493 g/mol. The van der Waals surface area contributed by atoms with Gasteiger partial charge in [-0.15, -0.1) is 0 Å².